The number of aryl methyl sites for hydroxylation is 1. The van der Waals surface area contributed by atoms with Crippen LogP contribution in [0.25, 0.3) is 0 Å². The number of halogens is 2. The van der Waals surface area contributed by atoms with Gasteiger partial charge in [0.1, 0.15) is 0 Å². The van der Waals surface area contributed by atoms with Crippen molar-refractivity contribution < 1.29 is 0 Å². The van der Waals surface area contributed by atoms with Crippen LogP contribution < -0.4 is 11.1 Å². The Balaban J connectivity index is 2.17. The van der Waals surface area contributed by atoms with Crippen molar-refractivity contribution >= 4 is 54.6 Å². The molecule has 5 heteroatoms. The molecule has 0 atom stereocenters. The van der Waals surface area contributed by atoms with Gasteiger partial charge in [0.05, 0.1) is 12.2 Å². The van der Waals surface area contributed by atoms with Crippen LogP contribution in [0.2, 0.25) is 0 Å². The molecule has 0 radical (unpaired) electrons. The first-order chi connectivity index (χ1) is 8.08. The highest BCUT2D eigenvalue weighted by Gasteiger charge is 2.07. The SMILES string of the molecule is Cc1cc(Br)c(NCc2sccc2N)c(Br)c1. The summed E-state index contributed by atoms with van der Waals surface area (Å²) in [5.41, 5.74) is 8.97. The van der Waals surface area contributed by atoms with Crippen molar-refractivity contribution in [1.29, 1.82) is 0 Å². The maximum atomic E-state index is 5.85. The first-order valence-electron chi connectivity index (χ1n) is 5.09. The van der Waals surface area contributed by atoms with E-state index >= 15 is 0 Å². The number of benzene rings is 1. The minimum absolute atomic E-state index is 0.740. The molecule has 3 N–H and O–H groups in total. The first-order valence-corrected chi connectivity index (χ1v) is 7.56. The van der Waals surface area contributed by atoms with Crippen molar-refractivity contribution in [1.82, 2.24) is 0 Å². The smallest absolute Gasteiger partial charge is 0.0632 e. The Labute approximate surface area is 121 Å². The number of hydrogen-bond donors (Lipinski definition) is 2. The van der Waals surface area contributed by atoms with Gasteiger partial charge < -0.3 is 11.1 Å². The average molecular weight is 376 g/mol. The lowest BCUT2D eigenvalue weighted by molar-refractivity contribution is 1.18. The van der Waals surface area contributed by atoms with E-state index in [1.807, 2.05) is 11.4 Å². The number of rotatable bonds is 3. The fraction of sp³-hybridized carbons (Fsp3) is 0.167. The number of anilines is 2. The molecule has 90 valence electrons. The zero-order valence-corrected chi connectivity index (χ0v) is 13.2. The van der Waals surface area contributed by atoms with Gasteiger partial charge >= 0.3 is 0 Å². The zero-order valence-electron chi connectivity index (χ0n) is 9.26. The Morgan fingerprint density at radius 1 is 1.29 bits per heavy atom. The second kappa shape index (κ2) is 5.42. The van der Waals surface area contributed by atoms with Gasteiger partial charge in [0.15, 0.2) is 0 Å². The Kier molecular flexibility index (Phi) is 4.12. The summed E-state index contributed by atoms with van der Waals surface area (Å²) in [5.74, 6) is 0. The molecular weight excluding hydrogens is 364 g/mol. The number of nitrogen functional groups attached to an aromatic ring is 1. The fourth-order valence-electron chi connectivity index (χ4n) is 1.53. The molecule has 0 aliphatic rings. The van der Waals surface area contributed by atoms with Gasteiger partial charge in [0.2, 0.25) is 0 Å². The molecule has 0 fully saturated rings. The van der Waals surface area contributed by atoms with E-state index < -0.39 is 0 Å². The maximum Gasteiger partial charge on any atom is 0.0632 e. The van der Waals surface area contributed by atoms with E-state index in [0.717, 1.165) is 31.7 Å². The highest BCUT2D eigenvalue weighted by molar-refractivity contribution is 9.11. The summed E-state index contributed by atoms with van der Waals surface area (Å²) < 4.78 is 2.11. The van der Waals surface area contributed by atoms with Crippen molar-refractivity contribution in [2.45, 2.75) is 13.5 Å². The van der Waals surface area contributed by atoms with Crippen LogP contribution in [-0.4, -0.2) is 0 Å². The van der Waals surface area contributed by atoms with Gasteiger partial charge in [0.25, 0.3) is 0 Å². The molecule has 0 amide bonds. The Bertz CT molecular complexity index is 514. The maximum absolute atomic E-state index is 5.85. The normalized spacial score (nSPS) is 10.5. The van der Waals surface area contributed by atoms with Crippen LogP contribution in [0.4, 0.5) is 11.4 Å². The molecule has 2 rings (SSSR count). The summed E-state index contributed by atoms with van der Waals surface area (Å²) >= 11 is 8.79. The molecule has 0 saturated heterocycles. The molecule has 0 unspecified atom stereocenters. The number of nitrogens with one attached hydrogen (secondary N) is 1. The number of nitrogens with two attached hydrogens (primary N) is 1. The Hall–Kier alpha value is -0.520. The summed E-state index contributed by atoms with van der Waals surface area (Å²) in [5, 5.41) is 5.39. The van der Waals surface area contributed by atoms with Crippen LogP contribution in [0, 0.1) is 6.92 Å². The van der Waals surface area contributed by atoms with Crippen molar-refractivity contribution in [3.8, 4) is 0 Å². The average Bonchev–Trinajstić information content (AvgIpc) is 2.62. The molecule has 2 nitrogen and oxygen atoms in total. The van der Waals surface area contributed by atoms with E-state index in [1.165, 1.54) is 5.56 Å². The lowest BCUT2D eigenvalue weighted by Crippen LogP contribution is -2.01. The topological polar surface area (TPSA) is 38.0 Å². The quantitative estimate of drug-likeness (QED) is 0.810. The first kappa shape index (κ1) is 12.9. The molecule has 1 aromatic carbocycles. The highest BCUT2D eigenvalue weighted by atomic mass is 79.9. The van der Waals surface area contributed by atoms with Gasteiger partial charge in [-0.3, -0.25) is 0 Å². The second-order valence-electron chi connectivity index (χ2n) is 3.76. The van der Waals surface area contributed by atoms with Crippen LogP contribution in [0.1, 0.15) is 10.4 Å². The molecule has 0 aliphatic carbocycles. The van der Waals surface area contributed by atoms with Gasteiger partial charge in [-0.1, -0.05) is 0 Å². The molecule has 0 saturated carbocycles. The number of thiophene rings is 1. The molecule has 0 bridgehead atoms. The summed E-state index contributed by atoms with van der Waals surface area (Å²) in [4.78, 5) is 1.16. The molecule has 2 aromatic rings. The summed E-state index contributed by atoms with van der Waals surface area (Å²) in [7, 11) is 0. The summed E-state index contributed by atoms with van der Waals surface area (Å²) in [6.07, 6.45) is 0. The summed E-state index contributed by atoms with van der Waals surface area (Å²) in [6.45, 7) is 2.81. The lowest BCUT2D eigenvalue weighted by atomic mass is 10.2. The van der Waals surface area contributed by atoms with Crippen LogP contribution >= 0.6 is 43.2 Å². The summed E-state index contributed by atoms with van der Waals surface area (Å²) in [6, 6.07) is 6.11. The highest BCUT2D eigenvalue weighted by Crippen LogP contribution is 2.33. The van der Waals surface area contributed by atoms with Gasteiger partial charge in [-0.25, -0.2) is 0 Å². The van der Waals surface area contributed by atoms with Crippen LogP contribution in [-0.2, 0) is 6.54 Å². The van der Waals surface area contributed by atoms with E-state index in [2.05, 4.69) is 56.2 Å². The van der Waals surface area contributed by atoms with Gasteiger partial charge in [-0.05, 0) is 67.9 Å². The zero-order chi connectivity index (χ0) is 12.4. The second-order valence-corrected chi connectivity index (χ2v) is 6.47. The molecule has 17 heavy (non-hydrogen) atoms. The monoisotopic (exact) mass is 374 g/mol. The van der Waals surface area contributed by atoms with Crippen molar-refractivity contribution in [3.05, 3.63) is 43.0 Å². The molecule has 0 spiro atoms. The van der Waals surface area contributed by atoms with Crippen molar-refractivity contribution in [2.24, 2.45) is 0 Å². The molecule has 1 heterocycles. The van der Waals surface area contributed by atoms with Gasteiger partial charge in [-0.15, -0.1) is 11.3 Å². The van der Waals surface area contributed by atoms with Crippen LogP contribution in [0.3, 0.4) is 0 Å². The third-order valence-electron chi connectivity index (χ3n) is 2.39. The van der Waals surface area contributed by atoms with Crippen molar-refractivity contribution in [3.63, 3.8) is 0 Å². The third kappa shape index (κ3) is 3.03. The largest absolute Gasteiger partial charge is 0.398 e. The van der Waals surface area contributed by atoms with E-state index in [0.29, 0.717) is 0 Å². The van der Waals surface area contributed by atoms with Crippen LogP contribution in [0.15, 0.2) is 32.5 Å². The van der Waals surface area contributed by atoms with E-state index in [9.17, 15) is 0 Å². The standard InChI is InChI=1S/C12H12Br2N2S/c1-7-4-8(13)12(9(14)5-7)16-6-11-10(15)2-3-17-11/h2-5,16H,6,15H2,1H3. The predicted octanol–water partition coefficient (Wildman–Crippen LogP) is 4.78. The Morgan fingerprint density at radius 2 is 1.94 bits per heavy atom. The predicted molar refractivity (Wildman–Crippen MR) is 82.6 cm³/mol. The van der Waals surface area contributed by atoms with E-state index in [4.69, 9.17) is 5.73 Å². The Morgan fingerprint density at radius 3 is 2.47 bits per heavy atom. The fourth-order valence-corrected chi connectivity index (χ4v) is 3.97. The van der Waals surface area contributed by atoms with E-state index in [-0.39, 0.29) is 0 Å². The van der Waals surface area contributed by atoms with Gasteiger partial charge in [-0.2, -0.15) is 0 Å². The van der Waals surface area contributed by atoms with Gasteiger partial charge in [0, 0.05) is 19.5 Å². The van der Waals surface area contributed by atoms with Crippen LogP contribution in [0.5, 0.6) is 0 Å². The van der Waals surface area contributed by atoms with E-state index in [1.54, 1.807) is 11.3 Å². The molecular formula is C12H12Br2N2S. The molecule has 1 aromatic heterocycles. The van der Waals surface area contributed by atoms with Crippen molar-refractivity contribution in [2.75, 3.05) is 11.1 Å². The lowest BCUT2D eigenvalue weighted by Gasteiger charge is -2.11. The molecule has 0 aliphatic heterocycles. The third-order valence-corrected chi connectivity index (χ3v) is 4.58. The number of hydrogen-bond acceptors (Lipinski definition) is 3. The minimum atomic E-state index is 0.740. The minimum Gasteiger partial charge on any atom is -0.398 e.